The summed E-state index contributed by atoms with van der Waals surface area (Å²) in [5.41, 5.74) is 0.839. The molecule has 0 unspecified atom stereocenters. The standard InChI is InChI=1S/C19H14N2O2S/c1-12-9-10-14(23-12)11-17-18(22)21-19(24-17)20-16-8-4-6-13-5-2-3-7-15(13)16/h2-11H,1H3,(H,20,21,22)/b17-11+. The van der Waals surface area contributed by atoms with Crippen molar-refractivity contribution in [2.75, 3.05) is 0 Å². The molecule has 2 heterocycles. The van der Waals surface area contributed by atoms with Gasteiger partial charge in [-0.25, -0.2) is 4.99 Å². The fourth-order valence-electron chi connectivity index (χ4n) is 2.56. The molecule has 1 N–H and O–H groups in total. The number of carbonyl (C=O) groups is 1. The second-order valence-corrected chi connectivity index (χ2v) is 6.46. The molecular formula is C19H14N2O2S. The third kappa shape index (κ3) is 2.86. The maximum Gasteiger partial charge on any atom is 0.264 e. The number of rotatable bonds is 2. The van der Waals surface area contributed by atoms with Crippen LogP contribution in [0.4, 0.5) is 5.69 Å². The van der Waals surface area contributed by atoms with Crippen LogP contribution in [0.2, 0.25) is 0 Å². The summed E-state index contributed by atoms with van der Waals surface area (Å²) in [6, 6.07) is 17.7. The van der Waals surface area contributed by atoms with Crippen LogP contribution in [0, 0.1) is 6.92 Å². The number of amidine groups is 1. The number of nitrogens with one attached hydrogen (secondary N) is 1. The van der Waals surface area contributed by atoms with E-state index in [2.05, 4.69) is 10.3 Å². The van der Waals surface area contributed by atoms with Crippen molar-refractivity contribution < 1.29 is 9.21 Å². The zero-order chi connectivity index (χ0) is 16.5. The average Bonchev–Trinajstić information content (AvgIpc) is 3.14. The van der Waals surface area contributed by atoms with Crippen molar-refractivity contribution in [2.24, 2.45) is 4.99 Å². The van der Waals surface area contributed by atoms with Gasteiger partial charge in [-0.15, -0.1) is 0 Å². The Bertz CT molecular complexity index is 996. The van der Waals surface area contributed by atoms with Gasteiger partial charge in [0.15, 0.2) is 5.17 Å². The van der Waals surface area contributed by atoms with Gasteiger partial charge in [0, 0.05) is 11.5 Å². The van der Waals surface area contributed by atoms with Crippen molar-refractivity contribution in [1.82, 2.24) is 5.32 Å². The number of carbonyl (C=O) groups excluding carboxylic acids is 1. The third-order valence-corrected chi connectivity index (χ3v) is 4.58. The topological polar surface area (TPSA) is 54.6 Å². The molecule has 0 atom stereocenters. The third-order valence-electron chi connectivity index (χ3n) is 3.67. The lowest BCUT2D eigenvalue weighted by atomic mass is 10.1. The van der Waals surface area contributed by atoms with E-state index in [1.807, 2.05) is 61.5 Å². The second-order valence-electron chi connectivity index (χ2n) is 5.43. The van der Waals surface area contributed by atoms with Crippen molar-refractivity contribution >= 4 is 45.4 Å². The monoisotopic (exact) mass is 334 g/mol. The Labute approximate surface area is 143 Å². The van der Waals surface area contributed by atoms with E-state index >= 15 is 0 Å². The molecule has 0 bridgehead atoms. The molecule has 118 valence electrons. The SMILES string of the molecule is Cc1ccc(/C=C2/SC(=Nc3cccc4ccccc34)NC2=O)o1. The van der Waals surface area contributed by atoms with Crippen LogP contribution in [0.5, 0.6) is 0 Å². The molecule has 4 rings (SSSR count). The van der Waals surface area contributed by atoms with Crippen molar-refractivity contribution in [3.63, 3.8) is 0 Å². The van der Waals surface area contributed by atoms with Gasteiger partial charge in [0.05, 0.1) is 10.6 Å². The summed E-state index contributed by atoms with van der Waals surface area (Å²) in [4.78, 5) is 17.3. The number of hydrogen-bond donors (Lipinski definition) is 1. The molecule has 5 heteroatoms. The molecule has 24 heavy (non-hydrogen) atoms. The molecule has 1 aromatic heterocycles. The number of benzene rings is 2. The first kappa shape index (κ1) is 14.8. The quantitative estimate of drug-likeness (QED) is 0.695. The fourth-order valence-corrected chi connectivity index (χ4v) is 3.37. The first-order chi connectivity index (χ1) is 11.7. The highest BCUT2D eigenvalue weighted by atomic mass is 32.2. The number of thioether (sulfide) groups is 1. The predicted octanol–water partition coefficient (Wildman–Crippen LogP) is 4.63. The van der Waals surface area contributed by atoms with E-state index in [4.69, 9.17) is 4.42 Å². The number of hydrogen-bond acceptors (Lipinski definition) is 4. The Morgan fingerprint density at radius 2 is 1.92 bits per heavy atom. The van der Waals surface area contributed by atoms with Gasteiger partial charge in [-0.1, -0.05) is 36.4 Å². The summed E-state index contributed by atoms with van der Waals surface area (Å²) in [6.07, 6.45) is 1.73. The normalized spacial score (nSPS) is 17.8. The van der Waals surface area contributed by atoms with E-state index in [9.17, 15) is 4.79 Å². The summed E-state index contributed by atoms with van der Waals surface area (Å²) in [5.74, 6) is 1.32. The molecule has 0 spiro atoms. The molecule has 2 aromatic carbocycles. The lowest BCUT2D eigenvalue weighted by Gasteiger charge is -2.02. The Morgan fingerprint density at radius 3 is 2.75 bits per heavy atom. The van der Waals surface area contributed by atoms with Crippen LogP contribution in [0.25, 0.3) is 16.8 Å². The Morgan fingerprint density at radius 1 is 1.08 bits per heavy atom. The summed E-state index contributed by atoms with van der Waals surface area (Å²) in [6.45, 7) is 1.87. The van der Waals surface area contributed by atoms with Crippen LogP contribution in [0.3, 0.4) is 0 Å². The molecule has 3 aromatic rings. The molecule has 1 saturated heterocycles. The van der Waals surface area contributed by atoms with E-state index < -0.39 is 0 Å². The number of aryl methyl sites for hydroxylation is 1. The van der Waals surface area contributed by atoms with Crippen LogP contribution in [-0.4, -0.2) is 11.1 Å². The number of aliphatic imine (C=N–C) groups is 1. The lowest BCUT2D eigenvalue weighted by molar-refractivity contribution is -0.115. The molecule has 1 aliphatic rings. The first-order valence-corrected chi connectivity index (χ1v) is 8.34. The minimum atomic E-state index is -0.159. The molecule has 1 fully saturated rings. The van der Waals surface area contributed by atoms with Gasteiger partial charge in [0.1, 0.15) is 11.5 Å². The average molecular weight is 334 g/mol. The fraction of sp³-hybridized carbons (Fsp3) is 0.0526. The highest BCUT2D eigenvalue weighted by molar-refractivity contribution is 8.18. The highest BCUT2D eigenvalue weighted by Gasteiger charge is 2.24. The molecular weight excluding hydrogens is 320 g/mol. The zero-order valence-electron chi connectivity index (χ0n) is 12.9. The van der Waals surface area contributed by atoms with E-state index in [0.29, 0.717) is 15.8 Å². The highest BCUT2D eigenvalue weighted by Crippen LogP contribution is 2.31. The second kappa shape index (κ2) is 6.02. The summed E-state index contributed by atoms with van der Waals surface area (Å²) >= 11 is 1.32. The van der Waals surface area contributed by atoms with Gasteiger partial charge in [0.2, 0.25) is 0 Å². The van der Waals surface area contributed by atoms with Gasteiger partial charge >= 0.3 is 0 Å². The van der Waals surface area contributed by atoms with Gasteiger partial charge < -0.3 is 9.73 Å². The minimum absolute atomic E-state index is 0.159. The van der Waals surface area contributed by atoms with Crippen LogP contribution in [0.1, 0.15) is 11.5 Å². The van der Waals surface area contributed by atoms with E-state index in [0.717, 1.165) is 22.2 Å². The molecule has 4 nitrogen and oxygen atoms in total. The summed E-state index contributed by atoms with van der Waals surface area (Å²) < 4.78 is 5.50. The largest absolute Gasteiger partial charge is 0.462 e. The van der Waals surface area contributed by atoms with Gasteiger partial charge in [-0.3, -0.25) is 4.79 Å². The van der Waals surface area contributed by atoms with Crippen molar-refractivity contribution in [1.29, 1.82) is 0 Å². The Balaban J connectivity index is 1.67. The number of nitrogens with zero attached hydrogens (tertiary/aromatic N) is 1. The van der Waals surface area contributed by atoms with Gasteiger partial charge in [-0.05, 0) is 42.3 Å². The summed E-state index contributed by atoms with van der Waals surface area (Å²) in [5, 5.41) is 5.56. The number of amides is 1. The maximum atomic E-state index is 12.1. The van der Waals surface area contributed by atoms with Gasteiger partial charge in [-0.2, -0.15) is 0 Å². The van der Waals surface area contributed by atoms with Crippen molar-refractivity contribution in [2.45, 2.75) is 6.92 Å². The van der Waals surface area contributed by atoms with E-state index in [1.165, 1.54) is 11.8 Å². The molecule has 0 aliphatic carbocycles. The van der Waals surface area contributed by atoms with Gasteiger partial charge in [0.25, 0.3) is 5.91 Å². The molecule has 0 radical (unpaired) electrons. The van der Waals surface area contributed by atoms with Crippen LogP contribution in [-0.2, 0) is 4.79 Å². The first-order valence-electron chi connectivity index (χ1n) is 7.53. The van der Waals surface area contributed by atoms with Crippen molar-refractivity contribution in [3.05, 3.63) is 71.0 Å². The summed E-state index contributed by atoms with van der Waals surface area (Å²) in [7, 11) is 0. The molecule has 0 saturated carbocycles. The van der Waals surface area contributed by atoms with Crippen LogP contribution >= 0.6 is 11.8 Å². The zero-order valence-corrected chi connectivity index (χ0v) is 13.8. The van der Waals surface area contributed by atoms with Crippen molar-refractivity contribution in [3.8, 4) is 0 Å². The number of fused-ring (bicyclic) bond motifs is 1. The Hall–Kier alpha value is -2.79. The van der Waals surface area contributed by atoms with E-state index in [1.54, 1.807) is 6.08 Å². The van der Waals surface area contributed by atoms with E-state index in [-0.39, 0.29) is 5.91 Å². The predicted molar refractivity (Wildman–Crippen MR) is 98.2 cm³/mol. The number of furan rings is 1. The van der Waals surface area contributed by atoms with Crippen LogP contribution in [0.15, 0.2) is 68.9 Å². The molecule has 1 amide bonds. The smallest absolute Gasteiger partial charge is 0.264 e. The lowest BCUT2D eigenvalue weighted by Crippen LogP contribution is -2.19. The Kier molecular flexibility index (Phi) is 3.70. The maximum absolute atomic E-state index is 12.1. The molecule has 1 aliphatic heterocycles. The van der Waals surface area contributed by atoms with Crippen LogP contribution < -0.4 is 5.32 Å². The minimum Gasteiger partial charge on any atom is -0.462 e.